The van der Waals surface area contributed by atoms with Crippen LogP contribution in [0.15, 0.2) is 60.9 Å². The summed E-state index contributed by atoms with van der Waals surface area (Å²) in [7, 11) is -3.60. The minimum absolute atomic E-state index is 0.231. The number of nitrogens with two attached hydrogens (primary N) is 1. The van der Waals surface area contributed by atoms with E-state index >= 15 is 0 Å². The van der Waals surface area contributed by atoms with E-state index in [1.165, 1.54) is 6.33 Å². The molecule has 4 rings (SSSR count). The van der Waals surface area contributed by atoms with Crippen LogP contribution in [0, 0.1) is 0 Å². The van der Waals surface area contributed by atoms with E-state index in [1.54, 1.807) is 18.2 Å². The topological polar surface area (TPSA) is 123 Å². The van der Waals surface area contributed by atoms with Gasteiger partial charge >= 0.3 is 0 Å². The summed E-state index contributed by atoms with van der Waals surface area (Å²) < 4.78 is 28.6. The molecule has 168 valence electrons. The average Bonchev–Trinajstić information content (AvgIpc) is 3.22. The maximum Gasteiger partial charge on any atom is 0.231 e. The fourth-order valence-electron chi connectivity index (χ4n) is 3.82. The number of para-hydroxylation sites is 1. The first-order valence-electron chi connectivity index (χ1n) is 10.5. The molecule has 3 aromatic rings. The van der Waals surface area contributed by atoms with Crippen LogP contribution in [-0.4, -0.2) is 42.6 Å². The van der Waals surface area contributed by atoms with Gasteiger partial charge in [0.25, 0.3) is 0 Å². The van der Waals surface area contributed by atoms with Gasteiger partial charge in [-0.2, -0.15) is 4.98 Å². The second-order valence-corrected chi connectivity index (χ2v) is 9.30. The molecular weight excluding hydrogens is 428 g/mol. The van der Waals surface area contributed by atoms with Crippen molar-refractivity contribution >= 4 is 27.6 Å². The van der Waals surface area contributed by atoms with Crippen LogP contribution in [0.2, 0.25) is 0 Å². The van der Waals surface area contributed by atoms with Crippen molar-refractivity contribution in [3.8, 4) is 5.75 Å². The number of nitrogens with one attached hydrogen (secondary N) is 1. The van der Waals surface area contributed by atoms with Crippen LogP contribution in [0.5, 0.6) is 5.75 Å². The molecular formula is C22H26N6O3S. The van der Waals surface area contributed by atoms with E-state index in [4.69, 9.17) is 9.88 Å². The number of aromatic nitrogens is 3. The summed E-state index contributed by atoms with van der Waals surface area (Å²) in [5, 5.41) is 8.27. The molecule has 1 aliphatic heterocycles. The Hall–Kier alpha value is -3.24. The molecule has 0 saturated carbocycles. The molecule has 2 aromatic carbocycles. The van der Waals surface area contributed by atoms with Gasteiger partial charge in [-0.3, -0.25) is 0 Å². The third-order valence-electron chi connectivity index (χ3n) is 5.21. The number of sulfonamides is 1. The summed E-state index contributed by atoms with van der Waals surface area (Å²) in [4.78, 5) is 15.4. The summed E-state index contributed by atoms with van der Waals surface area (Å²) in [6, 6.07) is 17.1. The lowest BCUT2D eigenvalue weighted by Crippen LogP contribution is -2.32. The second-order valence-electron chi connectivity index (χ2n) is 7.68. The molecule has 32 heavy (non-hydrogen) atoms. The Labute approximate surface area is 187 Å². The lowest BCUT2D eigenvalue weighted by atomic mass is 10.1. The van der Waals surface area contributed by atoms with Gasteiger partial charge in [0.15, 0.2) is 0 Å². The number of hydrogen-bond acceptors (Lipinski definition) is 8. The Balaban J connectivity index is 1.40. The lowest BCUT2D eigenvalue weighted by Gasteiger charge is -2.24. The molecule has 0 bridgehead atoms. The third-order valence-corrected chi connectivity index (χ3v) is 5.94. The number of rotatable bonds is 9. The SMILES string of the molecule is NS(=O)(=O)Cc1cccc(Nc2ncnc(N3CCCC3CCOc3ccccc3)n2)c1. The van der Waals surface area contributed by atoms with Crippen LogP contribution in [0.1, 0.15) is 24.8 Å². The van der Waals surface area contributed by atoms with Crippen LogP contribution in [0.4, 0.5) is 17.6 Å². The van der Waals surface area contributed by atoms with E-state index in [2.05, 4.69) is 25.2 Å². The predicted molar refractivity (Wildman–Crippen MR) is 123 cm³/mol. The minimum Gasteiger partial charge on any atom is -0.494 e. The van der Waals surface area contributed by atoms with Crippen molar-refractivity contribution < 1.29 is 13.2 Å². The zero-order chi connectivity index (χ0) is 22.4. The minimum atomic E-state index is -3.60. The highest BCUT2D eigenvalue weighted by molar-refractivity contribution is 7.88. The van der Waals surface area contributed by atoms with Crippen LogP contribution < -0.4 is 20.1 Å². The van der Waals surface area contributed by atoms with Crippen LogP contribution in [0.3, 0.4) is 0 Å². The molecule has 3 N–H and O–H groups in total. The smallest absolute Gasteiger partial charge is 0.231 e. The van der Waals surface area contributed by atoms with Gasteiger partial charge in [0, 0.05) is 24.7 Å². The summed E-state index contributed by atoms with van der Waals surface area (Å²) in [6.45, 7) is 1.50. The molecule has 0 amide bonds. The Morgan fingerprint density at radius 1 is 1.12 bits per heavy atom. The van der Waals surface area contributed by atoms with Gasteiger partial charge in [-0.05, 0) is 42.7 Å². The van der Waals surface area contributed by atoms with Crippen molar-refractivity contribution in [2.75, 3.05) is 23.4 Å². The maximum absolute atomic E-state index is 11.4. The Kier molecular flexibility index (Phi) is 6.81. The molecule has 1 fully saturated rings. The highest BCUT2D eigenvalue weighted by atomic mass is 32.2. The van der Waals surface area contributed by atoms with Crippen molar-refractivity contribution in [2.45, 2.75) is 31.1 Å². The summed E-state index contributed by atoms with van der Waals surface area (Å²) >= 11 is 0. The van der Waals surface area contributed by atoms with E-state index in [9.17, 15) is 8.42 Å². The number of ether oxygens (including phenoxy) is 1. The molecule has 0 radical (unpaired) electrons. The molecule has 2 heterocycles. The molecule has 0 aliphatic carbocycles. The van der Waals surface area contributed by atoms with Gasteiger partial charge in [-0.15, -0.1) is 0 Å². The van der Waals surface area contributed by atoms with Crippen molar-refractivity contribution in [3.63, 3.8) is 0 Å². The van der Waals surface area contributed by atoms with Crippen molar-refractivity contribution in [3.05, 3.63) is 66.5 Å². The molecule has 0 spiro atoms. The molecule has 1 aliphatic rings. The highest BCUT2D eigenvalue weighted by Crippen LogP contribution is 2.26. The number of anilines is 3. The Morgan fingerprint density at radius 2 is 1.97 bits per heavy atom. The van der Waals surface area contributed by atoms with Crippen LogP contribution >= 0.6 is 0 Å². The number of hydrogen-bond donors (Lipinski definition) is 2. The van der Waals surface area contributed by atoms with Gasteiger partial charge in [0.2, 0.25) is 21.9 Å². The van der Waals surface area contributed by atoms with Gasteiger partial charge in [-0.25, -0.2) is 23.5 Å². The molecule has 1 unspecified atom stereocenters. The van der Waals surface area contributed by atoms with E-state index in [-0.39, 0.29) is 5.75 Å². The molecule has 1 saturated heterocycles. The van der Waals surface area contributed by atoms with Crippen LogP contribution in [-0.2, 0) is 15.8 Å². The second kappa shape index (κ2) is 9.92. The monoisotopic (exact) mass is 454 g/mol. The number of primary sulfonamides is 1. The van der Waals surface area contributed by atoms with E-state index < -0.39 is 10.0 Å². The summed E-state index contributed by atoms with van der Waals surface area (Å²) in [5.41, 5.74) is 1.27. The Morgan fingerprint density at radius 3 is 2.78 bits per heavy atom. The van der Waals surface area contributed by atoms with Crippen molar-refractivity contribution in [2.24, 2.45) is 5.14 Å². The number of nitrogens with zero attached hydrogens (tertiary/aromatic N) is 4. The first kappa shape index (κ1) is 22.0. The Bertz CT molecular complexity index is 1140. The standard InChI is InChI=1S/C22H26N6O3S/c23-32(29,30)15-17-6-4-7-18(14-17)26-21-24-16-25-22(27-21)28-12-5-8-19(28)11-13-31-20-9-2-1-3-10-20/h1-4,6-7,9-10,14,16,19H,5,8,11-13,15H2,(H2,23,29,30)(H,24,25,26,27). The molecule has 10 heteroatoms. The summed E-state index contributed by atoms with van der Waals surface area (Å²) in [5.74, 6) is 1.65. The largest absolute Gasteiger partial charge is 0.494 e. The quantitative estimate of drug-likeness (QED) is 0.506. The van der Waals surface area contributed by atoms with E-state index in [0.29, 0.717) is 35.8 Å². The average molecular weight is 455 g/mol. The maximum atomic E-state index is 11.4. The molecule has 1 atom stereocenters. The van der Waals surface area contributed by atoms with Crippen molar-refractivity contribution in [1.29, 1.82) is 0 Å². The fraction of sp³-hybridized carbons (Fsp3) is 0.318. The third kappa shape index (κ3) is 6.14. The fourth-order valence-corrected chi connectivity index (χ4v) is 4.46. The van der Waals surface area contributed by atoms with Crippen molar-refractivity contribution in [1.82, 2.24) is 15.0 Å². The molecule has 1 aromatic heterocycles. The molecule has 9 nitrogen and oxygen atoms in total. The van der Waals surface area contributed by atoms with Gasteiger partial charge < -0.3 is 15.0 Å². The predicted octanol–water partition coefficient (Wildman–Crippen LogP) is 2.84. The zero-order valence-corrected chi connectivity index (χ0v) is 18.4. The van der Waals surface area contributed by atoms with Crippen LogP contribution in [0.25, 0.3) is 0 Å². The van der Waals surface area contributed by atoms with E-state index in [1.807, 2.05) is 36.4 Å². The van der Waals surface area contributed by atoms with Gasteiger partial charge in [-0.1, -0.05) is 30.3 Å². The first-order chi connectivity index (χ1) is 15.5. The highest BCUT2D eigenvalue weighted by Gasteiger charge is 2.27. The lowest BCUT2D eigenvalue weighted by molar-refractivity contribution is 0.297. The summed E-state index contributed by atoms with van der Waals surface area (Å²) in [6.07, 6.45) is 4.48. The van der Waals surface area contributed by atoms with E-state index in [0.717, 1.165) is 31.6 Å². The number of benzene rings is 2. The van der Waals surface area contributed by atoms with Gasteiger partial charge in [0.05, 0.1) is 12.4 Å². The normalized spacial score (nSPS) is 16.2. The van der Waals surface area contributed by atoms with Gasteiger partial charge in [0.1, 0.15) is 12.1 Å². The first-order valence-corrected chi connectivity index (χ1v) is 12.2. The zero-order valence-electron chi connectivity index (χ0n) is 17.6.